The van der Waals surface area contributed by atoms with Crippen LogP contribution in [0.25, 0.3) is 0 Å². The summed E-state index contributed by atoms with van der Waals surface area (Å²) in [6.07, 6.45) is 2.34. The smallest absolute Gasteiger partial charge is 0.323 e. The third-order valence-electron chi connectivity index (χ3n) is 5.47. The minimum Gasteiger partial charge on any atom is -0.480 e. The molecule has 1 aliphatic rings. The van der Waals surface area contributed by atoms with Crippen molar-refractivity contribution < 1.29 is 24.6 Å². The zero-order chi connectivity index (χ0) is 21.5. The highest BCUT2D eigenvalue weighted by molar-refractivity contribution is 5.84. The number of fused-ring (bicyclic) bond motifs is 1. The molecule has 0 saturated heterocycles. The Labute approximate surface area is 175 Å². The molecule has 0 fully saturated rings. The van der Waals surface area contributed by atoms with Crippen LogP contribution in [0.3, 0.4) is 0 Å². The van der Waals surface area contributed by atoms with Crippen LogP contribution in [0.1, 0.15) is 35.6 Å². The monoisotopic (exact) mass is 410 g/mol. The number of carbonyl (C=O) groups is 3. The van der Waals surface area contributed by atoms with E-state index in [0.717, 1.165) is 23.1 Å². The standard InChI is InChI=1S/C23H26N2O5/c26-21(14-24-19(23(29)30)12-10-16-6-2-1-3-7-16)25(15-22(27)28)20-13-11-17-8-4-5-9-18(17)20/h1-9,19-20,24H,10-15H2,(H,27,28)(H,29,30). The maximum atomic E-state index is 12.9. The largest absolute Gasteiger partial charge is 0.480 e. The molecule has 2 aromatic rings. The fourth-order valence-electron chi connectivity index (χ4n) is 3.96. The predicted octanol–water partition coefficient (Wildman–Crippen LogP) is 2.26. The SMILES string of the molecule is O=C(O)CN(C(=O)CNC(CCc1ccccc1)C(=O)O)C1CCc2ccccc21. The summed E-state index contributed by atoms with van der Waals surface area (Å²) in [7, 11) is 0. The Bertz CT molecular complexity index is 899. The molecular formula is C23H26N2O5. The summed E-state index contributed by atoms with van der Waals surface area (Å²) in [5.74, 6) is -2.54. The highest BCUT2D eigenvalue weighted by Crippen LogP contribution is 2.35. The van der Waals surface area contributed by atoms with Gasteiger partial charge in [-0.25, -0.2) is 0 Å². The number of rotatable bonds is 10. The maximum absolute atomic E-state index is 12.9. The van der Waals surface area contributed by atoms with Crippen molar-refractivity contribution in [2.45, 2.75) is 37.8 Å². The average molecular weight is 410 g/mol. The number of hydrogen-bond donors (Lipinski definition) is 3. The van der Waals surface area contributed by atoms with E-state index in [-0.39, 0.29) is 12.6 Å². The van der Waals surface area contributed by atoms with Crippen molar-refractivity contribution >= 4 is 17.8 Å². The number of benzene rings is 2. The van der Waals surface area contributed by atoms with Gasteiger partial charge in [0, 0.05) is 0 Å². The molecule has 2 unspecified atom stereocenters. The van der Waals surface area contributed by atoms with E-state index in [0.29, 0.717) is 19.3 Å². The van der Waals surface area contributed by atoms with Gasteiger partial charge >= 0.3 is 11.9 Å². The average Bonchev–Trinajstić information content (AvgIpc) is 3.16. The van der Waals surface area contributed by atoms with E-state index in [9.17, 15) is 24.6 Å². The lowest BCUT2D eigenvalue weighted by Gasteiger charge is -2.29. The van der Waals surface area contributed by atoms with Crippen LogP contribution >= 0.6 is 0 Å². The van der Waals surface area contributed by atoms with Gasteiger partial charge in [-0.15, -0.1) is 0 Å². The van der Waals surface area contributed by atoms with E-state index in [4.69, 9.17) is 0 Å². The van der Waals surface area contributed by atoms with Crippen LogP contribution in [0, 0.1) is 0 Å². The van der Waals surface area contributed by atoms with Crippen LogP contribution in [0.2, 0.25) is 0 Å². The second-order valence-electron chi connectivity index (χ2n) is 7.46. The first-order chi connectivity index (χ1) is 14.5. The molecule has 0 aliphatic heterocycles. The van der Waals surface area contributed by atoms with Crippen molar-refractivity contribution in [1.29, 1.82) is 0 Å². The fourth-order valence-corrected chi connectivity index (χ4v) is 3.96. The van der Waals surface area contributed by atoms with Gasteiger partial charge in [-0.05, 0) is 42.4 Å². The molecule has 0 aromatic heterocycles. The molecule has 2 atom stereocenters. The van der Waals surface area contributed by atoms with E-state index < -0.39 is 30.4 Å². The molecule has 0 spiro atoms. The van der Waals surface area contributed by atoms with Crippen LogP contribution in [0.4, 0.5) is 0 Å². The van der Waals surface area contributed by atoms with Gasteiger partial charge in [-0.1, -0.05) is 54.6 Å². The summed E-state index contributed by atoms with van der Waals surface area (Å²) >= 11 is 0. The quantitative estimate of drug-likeness (QED) is 0.555. The molecule has 2 aromatic carbocycles. The van der Waals surface area contributed by atoms with Gasteiger partial charge < -0.3 is 15.1 Å². The highest BCUT2D eigenvalue weighted by atomic mass is 16.4. The van der Waals surface area contributed by atoms with Crippen LogP contribution in [-0.4, -0.2) is 52.1 Å². The number of amides is 1. The lowest BCUT2D eigenvalue weighted by atomic mass is 10.0. The first kappa shape index (κ1) is 21.5. The fraction of sp³-hybridized carbons (Fsp3) is 0.348. The highest BCUT2D eigenvalue weighted by Gasteiger charge is 2.32. The molecule has 1 amide bonds. The van der Waals surface area contributed by atoms with E-state index in [1.54, 1.807) is 0 Å². The number of aryl methyl sites for hydroxylation is 2. The molecule has 0 bridgehead atoms. The third-order valence-corrected chi connectivity index (χ3v) is 5.47. The van der Waals surface area contributed by atoms with Gasteiger partial charge in [0.2, 0.25) is 5.91 Å². The Kier molecular flexibility index (Phi) is 7.19. The van der Waals surface area contributed by atoms with Crippen LogP contribution < -0.4 is 5.32 Å². The number of carbonyl (C=O) groups excluding carboxylic acids is 1. The van der Waals surface area contributed by atoms with Crippen LogP contribution in [-0.2, 0) is 27.2 Å². The minimum absolute atomic E-state index is 0.225. The van der Waals surface area contributed by atoms with Crippen molar-refractivity contribution in [3.63, 3.8) is 0 Å². The number of carboxylic acid groups (broad SMARTS) is 2. The molecule has 3 rings (SSSR count). The van der Waals surface area contributed by atoms with Crippen molar-refractivity contribution in [3.8, 4) is 0 Å². The van der Waals surface area contributed by atoms with Gasteiger partial charge in [0.25, 0.3) is 0 Å². The number of nitrogens with one attached hydrogen (secondary N) is 1. The minimum atomic E-state index is -1.09. The van der Waals surface area contributed by atoms with E-state index in [2.05, 4.69) is 5.32 Å². The first-order valence-electron chi connectivity index (χ1n) is 10.0. The Morgan fingerprint density at radius 1 is 1.03 bits per heavy atom. The summed E-state index contributed by atoms with van der Waals surface area (Å²) in [6.45, 7) is -0.640. The zero-order valence-corrected chi connectivity index (χ0v) is 16.7. The molecule has 7 nitrogen and oxygen atoms in total. The van der Waals surface area contributed by atoms with Crippen LogP contribution in [0.5, 0.6) is 0 Å². The molecule has 1 aliphatic carbocycles. The number of carboxylic acids is 2. The molecule has 0 radical (unpaired) electrons. The van der Waals surface area contributed by atoms with Gasteiger partial charge in [0.1, 0.15) is 12.6 Å². The Morgan fingerprint density at radius 2 is 1.73 bits per heavy atom. The number of nitrogens with zero attached hydrogens (tertiary/aromatic N) is 1. The van der Waals surface area contributed by atoms with Gasteiger partial charge in [-0.3, -0.25) is 19.7 Å². The third kappa shape index (κ3) is 5.45. The predicted molar refractivity (Wildman–Crippen MR) is 111 cm³/mol. The van der Waals surface area contributed by atoms with E-state index >= 15 is 0 Å². The van der Waals surface area contributed by atoms with E-state index in [1.807, 2.05) is 54.6 Å². The summed E-state index contributed by atoms with van der Waals surface area (Å²) in [5, 5.41) is 21.6. The van der Waals surface area contributed by atoms with E-state index in [1.165, 1.54) is 4.90 Å². The molecule has 0 saturated carbocycles. The molecule has 0 heterocycles. The topological polar surface area (TPSA) is 107 Å². The summed E-state index contributed by atoms with van der Waals surface area (Å²) < 4.78 is 0. The van der Waals surface area contributed by atoms with Crippen molar-refractivity contribution in [3.05, 3.63) is 71.3 Å². The molecule has 7 heteroatoms. The Hall–Kier alpha value is -3.19. The Balaban J connectivity index is 1.64. The van der Waals surface area contributed by atoms with Crippen molar-refractivity contribution in [2.75, 3.05) is 13.1 Å². The second kappa shape index (κ2) is 10.0. The molecule has 30 heavy (non-hydrogen) atoms. The lowest BCUT2D eigenvalue weighted by molar-refractivity contribution is -0.146. The second-order valence-corrected chi connectivity index (χ2v) is 7.46. The van der Waals surface area contributed by atoms with Gasteiger partial charge in [-0.2, -0.15) is 0 Å². The van der Waals surface area contributed by atoms with Crippen molar-refractivity contribution in [2.24, 2.45) is 0 Å². The lowest BCUT2D eigenvalue weighted by Crippen LogP contribution is -2.47. The summed E-state index contributed by atoms with van der Waals surface area (Å²) in [5.41, 5.74) is 3.10. The zero-order valence-electron chi connectivity index (χ0n) is 16.7. The summed E-state index contributed by atoms with van der Waals surface area (Å²) in [6, 6.07) is 16.1. The maximum Gasteiger partial charge on any atom is 0.323 e. The number of aliphatic carboxylic acids is 2. The van der Waals surface area contributed by atoms with Gasteiger partial charge in [0.05, 0.1) is 12.6 Å². The molecule has 158 valence electrons. The Morgan fingerprint density at radius 3 is 2.43 bits per heavy atom. The van der Waals surface area contributed by atoms with Gasteiger partial charge in [0.15, 0.2) is 0 Å². The molecule has 3 N–H and O–H groups in total. The van der Waals surface area contributed by atoms with Crippen LogP contribution in [0.15, 0.2) is 54.6 Å². The first-order valence-corrected chi connectivity index (χ1v) is 10.0. The van der Waals surface area contributed by atoms with Crippen molar-refractivity contribution in [1.82, 2.24) is 10.2 Å². The number of hydrogen-bond acceptors (Lipinski definition) is 4. The normalized spacial score (nSPS) is 15.9. The molecular weight excluding hydrogens is 384 g/mol. The summed E-state index contributed by atoms with van der Waals surface area (Å²) in [4.78, 5) is 37.2.